The Labute approximate surface area is 271 Å². The van der Waals surface area contributed by atoms with Crippen LogP contribution in [0.5, 0.6) is 0 Å². The average Bonchev–Trinajstić information content (AvgIpc) is 3.24. The first-order valence-electron chi connectivity index (χ1n) is 22.5. The lowest BCUT2D eigenvalue weighted by atomic mass is 9.33. The standard InChI is InChI=1S/C40H24B2/c1-3-11-27(12-4-1)41-33-17-9-7-15-29(33)31-21-20-26-24-36-40-32(22-19-25-23-35(41)39(31)37(26)38(25)40)30-16-8-10-18-34(30)42(36)28-13-5-2-6-14-28/h1-24H/i1D,2D,3D,4D,5D,6D,7D,8D,9D,10D,11D,12D,13D,14D,15D,16D,17D,18D. The van der Waals surface area contributed by atoms with E-state index < -0.39 is 122 Å². The number of fused-ring (bicyclic) bond motifs is 4. The van der Waals surface area contributed by atoms with Crippen molar-refractivity contribution >= 4 is 78.5 Å². The van der Waals surface area contributed by atoms with Gasteiger partial charge in [-0.15, -0.1) is 0 Å². The first-order valence-corrected chi connectivity index (χ1v) is 13.5. The van der Waals surface area contributed by atoms with Gasteiger partial charge in [0.1, 0.15) is 0 Å². The SMILES string of the molecule is [2H]c1c([2H])c([2H])c(B2c3c([2H])c([2H])c([2H])c([2H])c3-c3ccc4cc5c6c(ccc7cc2c3c4c76)-c2c([2H])c([2H])c([2H])c([2H])c2B5c2c([2H])c([2H])c([2H])c([2H])c2[2H])c([2H])c1[2H]. The van der Waals surface area contributed by atoms with Gasteiger partial charge in [0.15, 0.2) is 0 Å². The van der Waals surface area contributed by atoms with Gasteiger partial charge in [0.2, 0.25) is 13.4 Å². The largest absolute Gasteiger partial charge is 0.242 e. The summed E-state index contributed by atoms with van der Waals surface area (Å²) in [5, 5.41) is 3.12. The van der Waals surface area contributed by atoms with Crippen LogP contribution in [0.1, 0.15) is 24.7 Å². The molecule has 0 saturated heterocycles. The van der Waals surface area contributed by atoms with Gasteiger partial charge in [0.05, 0.1) is 24.7 Å². The third-order valence-corrected chi connectivity index (χ3v) is 8.71. The van der Waals surface area contributed by atoms with Gasteiger partial charge in [-0.3, -0.25) is 0 Å². The number of hydrogen-bond acceptors (Lipinski definition) is 0. The Morgan fingerprint density at radius 3 is 1.21 bits per heavy atom. The molecule has 0 amide bonds. The van der Waals surface area contributed by atoms with E-state index in [1.54, 1.807) is 36.4 Å². The van der Waals surface area contributed by atoms with Gasteiger partial charge in [0, 0.05) is 0 Å². The molecule has 0 nitrogen and oxygen atoms in total. The van der Waals surface area contributed by atoms with Crippen LogP contribution in [-0.4, -0.2) is 13.4 Å². The van der Waals surface area contributed by atoms with Crippen molar-refractivity contribution < 1.29 is 24.7 Å². The third-order valence-electron chi connectivity index (χ3n) is 8.71. The Kier molecular flexibility index (Phi) is 2.29. The fraction of sp³-hybridized carbons (Fsp3) is 0. The average molecular weight is 544 g/mol. The molecule has 10 rings (SSSR count). The molecule has 0 saturated carbocycles. The summed E-state index contributed by atoms with van der Waals surface area (Å²) in [6.07, 6.45) is 0. The van der Waals surface area contributed by atoms with Crippen LogP contribution in [0.2, 0.25) is 0 Å². The Morgan fingerprint density at radius 2 is 0.762 bits per heavy atom. The molecule has 0 atom stereocenters. The summed E-state index contributed by atoms with van der Waals surface area (Å²) in [4.78, 5) is 0. The first kappa shape index (κ1) is 11.7. The van der Waals surface area contributed by atoms with Crippen molar-refractivity contribution in [3.63, 3.8) is 0 Å². The molecule has 2 heteroatoms. The van der Waals surface area contributed by atoms with Crippen LogP contribution >= 0.6 is 0 Å². The van der Waals surface area contributed by atoms with E-state index in [4.69, 9.17) is 19.2 Å². The minimum absolute atomic E-state index is 0.0397. The van der Waals surface area contributed by atoms with E-state index in [9.17, 15) is 5.48 Å². The molecule has 0 N–H and O–H groups in total. The highest BCUT2D eigenvalue weighted by Gasteiger charge is 2.36. The molecule has 42 heavy (non-hydrogen) atoms. The van der Waals surface area contributed by atoms with Gasteiger partial charge in [-0.1, -0.05) is 178 Å². The molecule has 0 bridgehead atoms. The molecule has 0 aliphatic carbocycles. The molecular weight excluding hydrogens is 502 g/mol. The molecule has 0 unspecified atom stereocenters. The molecule has 190 valence electrons. The zero-order chi connectivity index (χ0) is 43.0. The molecule has 0 spiro atoms. The molecule has 8 aromatic rings. The maximum atomic E-state index is 9.19. The highest BCUT2D eigenvalue weighted by Crippen LogP contribution is 2.43. The zero-order valence-corrected chi connectivity index (χ0v) is 21.6. The quantitative estimate of drug-likeness (QED) is 0.197. The Morgan fingerprint density at radius 1 is 0.357 bits per heavy atom. The highest BCUT2D eigenvalue weighted by molar-refractivity contribution is 7.00. The topological polar surface area (TPSA) is 0 Å². The van der Waals surface area contributed by atoms with Crippen molar-refractivity contribution in [3.8, 4) is 22.3 Å². The Hall–Kier alpha value is -5.07. The van der Waals surface area contributed by atoms with Crippen molar-refractivity contribution in [2.24, 2.45) is 0 Å². The van der Waals surface area contributed by atoms with Gasteiger partial charge in [0.25, 0.3) is 0 Å². The molecule has 0 aromatic heterocycles. The minimum Gasteiger partial charge on any atom is -0.0686 e. The third kappa shape index (κ3) is 2.84. The summed E-state index contributed by atoms with van der Waals surface area (Å²) in [5.41, 5.74) is 1.50. The molecule has 0 radical (unpaired) electrons. The number of rotatable bonds is 2. The summed E-state index contributed by atoms with van der Waals surface area (Å²) in [6, 6.07) is 0.626. The lowest BCUT2D eigenvalue weighted by Crippen LogP contribution is -2.55. The minimum atomic E-state index is -1.28. The van der Waals surface area contributed by atoms with E-state index in [-0.39, 0.29) is 33.0 Å². The molecule has 2 aliphatic rings. The van der Waals surface area contributed by atoms with Crippen molar-refractivity contribution in [2.45, 2.75) is 0 Å². The van der Waals surface area contributed by atoms with E-state index in [1.807, 2.05) is 0 Å². The molecule has 2 aliphatic heterocycles. The van der Waals surface area contributed by atoms with E-state index in [0.29, 0.717) is 54.4 Å². The van der Waals surface area contributed by atoms with Crippen molar-refractivity contribution in [2.75, 3.05) is 0 Å². The summed E-state index contributed by atoms with van der Waals surface area (Å²) < 4.78 is 159. The predicted octanol–water partition coefficient (Wildman–Crippen LogP) is 5.58. The van der Waals surface area contributed by atoms with Crippen LogP contribution in [-0.2, 0) is 0 Å². The maximum absolute atomic E-state index is 9.19. The summed E-state index contributed by atoms with van der Waals surface area (Å²) in [6.45, 7) is -2.56. The van der Waals surface area contributed by atoms with Crippen molar-refractivity contribution in [1.29, 1.82) is 0 Å². The monoisotopic (exact) mass is 544 g/mol. The lowest BCUT2D eigenvalue weighted by molar-refractivity contribution is 1.66. The molecule has 0 fully saturated rings. The van der Waals surface area contributed by atoms with Crippen molar-refractivity contribution in [3.05, 3.63) is 145 Å². The number of hydrogen-bond donors (Lipinski definition) is 0. The van der Waals surface area contributed by atoms with Gasteiger partial charge < -0.3 is 0 Å². The van der Waals surface area contributed by atoms with Crippen LogP contribution in [0.3, 0.4) is 0 Å². The fourth-order valence-electron chi connectivity index (χ4n) is 7.19. The second-order valence-corrected chi connectivity index (χ2v) is 10.6. The second kappa shape index (κ2) is 8.24. The van der Waals surface area contributed by atoms with E-state index in [2.05, 4.69) is 0 Å². The normalized spacial score (nSPS) is 19.1. The Balaban J connectivity index is 1.45. The smallest absolute Gasteiger partial charge is 0.0686 e. The fourth-order valence-corrected chi connectivity index (χ4v) is 7.19. The zero-order valence-electron chi connectivity index (χ0n) is 39.6. The van der Waals surface area contributed by atoms with Gasteiger partial charge >= 0.3 is 0 Å². The first-order chi connectivity index (χ1) is 28.3. The maximum Gasteiger partial charge on any atom is 0.242 e. The number of benzene rings is 8. The van der Waals surface area contributed by atoms with Crippen LogP contribution in [0.15, 0.2) is 145 Å². The Bertz CT molecular complexity index is 3100. The van der Waals surface area contributed by atoms with Gasteiger partial charge in [-0.05, 0) is 54.6 Å². The van der Waals surface area contributed by atoms with E-state index in [1.165, 1.54) is 0 Å². The van der Waals surface area contributed by atoms with Crippen LogP contribution in [0.4, 0.5) is 0 Å². The van der Waals surface area contributed by atoms with Crippen LogP contribution in [0, 0.1) is 0 Å². The lowest BCUT2D eigenvalue weighted by Gasteiger charge is -2.32. The highest BCUT2D eigenvalue weighted by atomic mass is 14.3. The van der Waals surface area contributed by atoms with Crippen LogP contribution in [0.25, 0.3) is 54.6 Å². The van der Waals surface area contributed by atoms with Gasteiger partial charge in [-0.2, -0.15) is 0 Å². The predicted molar refractivity (Wildman–Crippen MR) is 183 cm³/mol. The second-order valence-electron chi connectivity index (χ2n) is 10.6. The summed E-state index contributed by atoms with van der Waals surface area (Å²) in [7, 11) is 0. The molecule has 2 heterocycles. The van der Waals surface area contributed by atoms with Crippen molar-refractivity contribution in [1.82, 2.24) is 0 Å². The van der Waals surface area contributed by atoms with Gasteiger partial charge in [-0.25, -0.2) is 0 Å². The summed E-state index contributed by atoms with van der Waals surface area (Å²) in [5.74, 6) is 0. The summed E-state index contributed by atoms with van der Waals surface area (Å²) >= 11 is 0. The van der Waals surface area contributed by atoms with Crippen LogP contribution < -0.4 is 32.8 Å². The molecule has 8 aromatic carbocycles. The van der Waals surface area contributed by atoms with E-state index >= 15 is 0 Å². The van der Waals surface area contributed by atoms with E-state index in [0.717, 1.165) is 0 Å². The molecular formula is C40H24B2.